The Hall–Kier alpha value is -2.08. The lowest BCUT2D eigenvalue weighted by Gasteiger charge is -2.31. The number of thiazole rings is 1. The van der Waals surface area contributed by atoms with E-state index < -0.39 is 0 Å². The molecule has 1 aromatic heterocycles. The Labute approximate surface area is 133 Å². The lowest BCUT2D eigenvalue weighted by Crippen LogP contribution is -2.46. The summed E-state index contributed by atoms with van der Waals surface area (Å²) < 4.78 is 7.12. The Morgan fingerprint density at radius 3 is 2.95 bits per heavy atom. The van der Waals surface area contributed by atoms with Crippen molar-refractivity contribution < 1.29 is 9.53 Å². The molecule has 1 N–H and O–H groups in total. The number of benzene rings is 1. The van der Waals surface area contributed by atoms with Gasteiger partial charge in [-0.15, -0.1) is 6.58 Å². The molecule has 0 unspecified atom stereocenters. The molecular formula is C16H19N3O2S. The van der Waals surface area contributed by atoms with Crippen molar-refractivity contribution in [1.29, 1.82) is 0 Å². The number of urea groups is 1. The van der Waals surface area contributed by atoms with Gasteiger partial charge in [-0.2, -0.15) is 0 Å². The van der Waals surface area contributed by atoms with Gasteiger partial charge in [0.25, 0.3) is 5.19 Å². The number of nitrogens with one attached hydrogen (secondary N) is 1. The molecule has 0 aliphatic carbocycles. The second kappa shape index (κ2) is 6.79. The zero-order valence-corrected chi connectivity index (χ0v) is 13.1. The summed E-state index contributed by atoms with van der Waals surface area (Å²) >= 11 is 1.57. The van der Waals surface area contributed by atoms with E-state index >= 15 is 0 Å². The first kappa shape index (κ1) is 14.8. The maximum atomic E-state index is 11.9. The van der Waals surface area contributed by atoms with Gasteiger partial charge in [0, 0.05) is 32.5 Å². The largest absolute Gasteiger partial charge is 0.467 e. The Balaban J connectivity index is 1.53. The summed E-state index contributed by atoms with van der Waals surface area (Å²) in [7, 11) is 0. The highest BCUT2D eigenvalue weighted by molar-refractivity contribution is 7.20. The van der Waals surface area contributed by atoms with E-state index in [1.807, 2.05) is 29.2 Å². The van der Waals surface area contributed by atoms with Crippen molar-refractivity contribution in [2.24, 2.45) is 0 Å². The number of nitrogens with zero attached hydrogens (tertiary/aromatic N) is 2. The van der Waals surface area contributed by atoms with Crippen molar-refractivity contribution in [3.63, 3.8) is 0 Å². The van der Waals surface area contributed by atoms with Crippen LogP contribution in [0.1, 0.15) is 12.8 Å². The van der Waals surface area contributed by atoms with Crippen molar-refractivity contribution >= 4 is 27.6 Å². The minimum absolute atomic E-state index is 0.0293. The fraction of sp³-hybridized carbons (Fsp3) is 0.375. The van der Waals surface area contributed by atoms with Crippen LogP contribution in [0.25, 0.3) is 10.2 Å². The standard InChI is InChI=1S/C16H19N3O2S/c1-2-9-17-15(20)19-10-7-12(8-11-19)21-16-18-13-5-3-4-6-14(13)22-16/h2-6,12H,1,7-11H2,(H,17,20). The summed E-state index contributed by atoms with van der Waals surface area (Å²) in [5, 5.41) is 3.52. The first-order chi connectivity index (χ1) is 10.8. The summed E-state index contributed by atoms with van der Waals surface area (Å²) in [6.45, 7) is 5.51. The van der Waals surface area contributed by atoms with E-state index in [9.17, 15) is 4.79 Å². The zero-order chi connectivity index (χ0) is 15.4. The van der Waals surface area contributed by atoms with Crippen molar-refractivity contribution in [1.82, 2.24) is 15.2 Å². The zero-order valence-electron chi connectivity index (χ0n) is 12.3. The highest BCUT2D eigenvalue weighted by atomic mass is 32.1. The molecule has 2 amide bonds. The monoisotopic (exact) mass is 317 g/mol. The normalized spacial score (nSPS) is 15.7. The molecule has 116 valence electrons. The Morgan fingerprint density at radius 2 is 2.23 bits per heavy atom. The number of fused-ring (bicyclic) bond motifs is 1. The van der Waals surface area contributed by atoms with Crippen LogP contribution in [0, 0.1) is 0 Å². The summed E-state index contributed by atoms with van der Waals surface area (Å²) in [5.41, 5.74) is 0.976. The van der Waals surface area contributed by atoms with Crippen LogP contribution < -0.4 is 10.1 Å². The third kappa shape index (κ3) is 3.39. The number of likely N-dealkylation sites (tertiary alicyclic amines) is 1. The minimum Gasteiger partial charge on any atom is -0.467 e. The van der Waals surface area contributed by atoms with E-state index in [2.05, 4.69) is 16.9 Å². The van der Waals surface area contributed by atoms with Crippen LogP contribution in [0.5, 0.6) is 5.19 Å². The molecule has 1 aromatic carbocycles. The smallest absolute Gasteiger partial charge is 0.317 e. The molecule has 1 fully saturated rings. The van der Waals surface area contributed by atoms with Crippen molar-refractivity contribution in [2.45, 2.75) is 18.9 Å². The molecule has 22 heavy (non-hydrogen) atoms. The number of rotatable bonds is 4. The van der Waals surface area contributed by atoms with Crippen LogP contribution in [0.15, 0.2) is 36.9 Å². The number of amides is 2. The van der Waals surface area contributed by atoms with Crippen LogP contribution in [0.3, 0.4) is 0 Å². The quantitative estimate of drug-likeness (QED) is 0.882. The van der Waals surface area contributed by atoms with Gasteiger partial charge >= 0.3 is 6.03 Å². The summed E-state index contributed by atoms with van der Waals surface area (Å²) in [6, 6.07) is 7.99. The first-order valence-electron chi connectivity index (χ1n) is 7.42. The average molecular weight is 317 g/mol. The molecule has 0 bridgehead atoms. The Kier molecular flexibility index (Phi) is 4.58. The topological polar surface area (TPSA) is 54.5 Å². The first-order valence-corrected chi connectivity index (χ1v) is 8.24. The average Bonchev–Trinajstić information content (AvgIpc) is 2.95. The second-order valence-corrected chi connectivity index (χ2v) is 6.22. The fourth-order valence-electron chi connectivity index (χ4n) is 2.49. The summed E-state index contributed by atoms with van der Waals surface area (Å²) in [5.74, 6) is 0. The molecule has 5 nitrogen and oxygen atoms in total. The van der Waals surface area contributed by atoms with Crippen molar-refractivity contribution in [3.8, 4) is 5.19 Å². The minimum atomic E-state index is -0.0293. The summed E-state index contributed by atoms with van der Waals surface area (Å²) in [6.07, 6.45) is 3.47. The van der Waals surface area contributed by atoms with Crippen LogP contribution >= 0.6 is 11.3 Å². The van der Waals surface area contributed by atoms with E-state index in [-0.39, 0.29) is 12.1 Å². The fourth-order valence-corrected chi connectivity index (χ4v) is 3.37. The number of aromatic nitrogens is 1. The number of carbonyl (C=O) groups is 1. The van der Waals surface area contributed by atoms with E-state index in [1.54, 1.807) is 17.4 Å². The van der Waals surface area contributed by atoms with E-state index in [0.717, 1.165) is 28.3 Å². The number of hydrogen-bond acceptors (Lipinski definition) is 4. The number of para-hydroxylation sites is 1. The Bertz CT molecular complexity index is 629. The maximum absolute atomic E-state index is 11.9. The highest BCUT2D eigenvalue weighted by Crippen LogP contribution is 2.29. The molecule has 2 aromatic rings. The van der Waals surface area contributed by atoms with Gasteiger partial charge in [0.15, 0.2) is 0 Å². The molecule has 0 saturated carbocycles. The van der Waals surface area contributed by atoms with E-state index in [4.69, 9.17) is 4.74 Å². The lowest BCUT2D eigenvalue weighted by atomic mass is 10.1. The predicted molar refractivity (Wildman–Crippen MR) is 88.4 cm³/mol. The van der Waals surface area contributed by atoms with Gasteiger partial charge < -0.3 is 15.0 Å². The van der Waals surface area contributed by atoms with Crippen LogP contribution in [-0.4, -0.2) is 41.7 Å². The van der Waals surface area contributed by atoms with Gasteiger partial charge in [0.2, 0.25) is 0 Å². The maximum Gasteiger partial charge on any atom is 0.317 e. The lowest BCUT2D eigenvalue weighted by molar-refractivity contribution is 0.111. The van der Waals surface area contributed by atoms with Crippen LogP contribution in [0.2, 0.25) is 0 Å². The van der Waals surface area contributed by atoms with Crippen molar-refractivity contribution in [2.75, 3.05) is 19.6 Å². The molecule has 1 aliphatic rings. The summed E-state index contributed by atoms with van der Waals surface area (Å²) in [4.78, 5) is 18.2. The molecule has 3 rings (SSSR count). The number of hydrogen-bond donors (Lipinski definition) is 1. The third-order valence-electron chi connectivity index (χ3n) is 3.67. The highest BCUT2D eigenvalue weighted by Gasteiger charge is 2.24. The molecular weight excluding hydrogens is 298 g/mol. The molecule has 1 aliphatic heterocycles. The molecule has 6 heteroatoms. The number of carbonyl (C=O) groups excluding carboxylic acids is 1. The van der Waals surface area contributed by atoms with Gasteiger partial charge in [0.05, 0.1) is 10.2 Å². The van der Waals surface area contributed by atoms with Crippen molar-refractivity contribution in [3.05, 3.63) is 36.9 Å². The van der Waals surface area contributed by atoms with Gasteiger partial charge in [-0.25, -0.2) is 9.78 Å². The second-order valence-electron chi connectivity index (χ2n) is 5.23. The Morgan fingerprint density at radius 1 is 1.45 bits per heavy atom. The van der Waals surface area contributed by atoms with Gasteiger partial charge in [-0.05, 0) is 12.1 Å². The number of piperidine rings is 1. The third-order valence-corrected chi connectivity index (χ3v) is 4.60. The predicted octanol–water partition coefficient (Wildman–Crippen LogP) is 3.04. The van der Waals surface area contributed by atoms with Crippen LogP contribution in [0.4, 0.5) is 4.79 Å². The molecule has 0 radical (unpaired) electrons. The molecule has 0 atom stereocenters. The molecule has 0 spiro atoms. The number of ether oxygens (including phenoxy) is 1. The molecule has 2 heterocycles. The van der Waals surface area contributed by atoms with Crippen LogP contribution in [-0.2, 0) is 0 Å². The van der Waals surface area contributed by atoms with Gasteiger partial charge in [-0.3, -0.25) is 0 Å². The molecule has 1 saturated heterocycles. The SMILES string of the molecule is C=CCNC(=O)N1CCC(Oc2nc3ccccc3s2)CC1. The van der Waals surface area contributed by atoms with E-state index in [1.165, 1.54) is 0 Å². The van der Waals surface area contributed by atoms with Gasteiger partial charge in [-0.1, -0.05) is 29.5 Å². The van der Waals surface area contributed by atoms with Gasteiger partial charge in [0.1, 0.15) is 6.10 Å². The van der Waals surface area contributed by atoms with E-state index in [0.29, 0.717) is 19.6 Å².